The largest absolute Gasteiger partial charge is 0.501 e. The molecule has 2 atom stereocenters. The Morgan fingerprint density at radius 1 is 0.846 bits per heavy atom. The minimum atomic E-state index is -2.58. The molecule has 0 aromatic carbocycles. The first-order chi connectivity index (χ1) is 12.7. The highest BCUT2D eigenvalue weighted by atomic mass is 28.4. The molecule has 5 nitrogen and oxygen atoms in total. The maximum absolute atomic E-state index is 6.15. The summed E-state index contributed by atoms with van der Waals surface area (Å²) in [5, 5.41) is 0. The van der Waals surface area contributed by atoms with Gasteiger partial charge in [0.15, 0.2) is 0 Å². The van der Waals surface area contributed by atoms with E-state index in [1.165, 1.54) is 38.5 Å². The van der Waals surface area contributed by atoms with Gasteiger partial charge in [0, 0.05) is 25.9 Å². The van der Waals surface area contributed by atoms with Crippen molar-refractivity contribution in [3.63, 3.8) is 0 Å². The maximum atomic E-state index is 6.15. The third-order valence-electron chi connectivity index (χ3n) is 4.67. The van der Waals surface area contributed by atoms with Gasteiger partial charge >= 0.3 is 8.80 Å². The van der Waals surface area contributed by atoms with Crippen molar-refractivity contribution in [2.24, 2.45) is 0 Å². The van der Waals surface area contributed by atoms with Gasteiger partial charge in [-0.25, -0.2) is 0 Å². The SMILES string of the molecule is CCCCCCCCC(CC[Si](OCC)(OCC)OCC)OCC1CO1. The standard InChI is InChI=1S/C20H42O5Si/c1-5-9-10-11-12-13-14-19(21-17-20-18-22-20)15-16-26(23-6-2,24-7-3)25-8-4/h19-20H,5-18H2,1-4H3. The maximum Gasteiger partial charge on any atom is 0.501 e. The lowest BCUT2D eigenvalue weighted by atomic mass is 10.1. The third kappa shape index (κ3) is 11.0. The van der Waals surface area contributed by atoms with Gasteiger partial charge < -0.3 is 22.8 Å². The quantitative estimate of drug-likeness (QED) is 0.177. The van der Waals surface area contributed by atoms with Crippen LogP contribution in [0, 0.1) is 0 Å². The molecule has 0 saturated carbocycles. The highest BCUT2D eigenvalue weighted by Crippen LogP contribution is 2.24. The summed E-state index contributed by atoms with van der Waals surface area (Å²) in [6.45, 7) is 11.7. The zero-order chi connectivity index (χ0) is 19.1. The summed E-state index contributed by atoms with van der Waals surface area (Å²) in [6.07, 6.45) is 10.5. The summed E-state index contributed by atoms with van der Waals surface area (Å²) in [4.78, 5) is 0. The Morgan fingerprint density at radius 3 is 1.96 bits per heavy atom. The fourth-order valence-corrected chi connectivity index (χ4v) is 5.89. The average molecular weight is 391 g/mol. The van der Waals surface area contributed by atoms with E-state index in [1.54, 1.807) is 0 Å². The summed E-state index contributed by atoms with van der Waals surface area (Å²) in [6, 6.07) is 0.828. The van der Waals surface area contributed by atoms with Crippen molar-refractivity contribution < 1.29 is 22.8 Å². The van der Waals surface area contributed by atoms with Crippen LogP contribution in [0.1, 0.15) is 79.1 Å². The van der Waals surface area contributed by atoms with Crippen LogP contribution in [0.25, 0.3) is 0 Å². The van der Waals surface area contributed by atoms with E-state index < -0.39 is 8.80 Å². The first-order valence-corrected chi connectivity index (χ1v) is 12.8. The van der Waals surface area contributed by atoms with Gasteiger partial charge in [-0.15, -0.1) is 0 Å². The van der Waals surface area contributed by atoms with Crippen LogP contribution < -0.4 is 0 Å². The second-order valence-electron chi connectivity index (χ2n) is 6.99. The van der Waals surface area contributed by atoms with E-state index >= 15 is 0 Å². The average Bonchev–Trinajstić information content (AvgIpc) is 3.44. The molecule has 1 aliphatic heterocycles. The topological polar surface area (TPSA) is 49.5 Å². The predicted octanol–water partition coefficient (Wildman–Crippen LogP) is 4.96. The van der Waals surface area contributed by atoms with Crippen LogP contribution in [-0.2, 0) is 22.8 Å². The summed E-state index contributed by atoms with van der Waals surface area (Å²) in [7, 11) is -2.58. The van der Waals surface area contributed by atoms with Crippen molar-refractivity contribution in [2.75, 3.05) is 33.0 Å². The van der Waals surface area contributed by atoms with E-state index in [4.69, 9.17) is 22.8 Å². The summed E-state index contributed by atoms with van der Waals surface area (Å²) >= 11 is 0. The Hall–Kier alpha value is 0.0169. The number of rotatable bonds is 19. The lowest BCUT2D eigenvalue weighted by Gasteiger charge is -2.30. The second kappa shape index (κ2) is 15.0. The van der Waals surface area contributed by atoms with Crippen LogP contribution in [-0.4, -0.2) is 54.0 Å². The molecule has 0 radical (unpaired) electrons. The van der Waals surface area contributed by atoms with Crippen molar-refractivity contribution in [3.05, 3.63) is 0 Å². The van der Waals surface area contributed by atoms with Gasteiger partial charge in [-0.2, -0.15) is 0 Å². The molecular formula is C20H42O5Si. The molecular weight excluding hydrogens is 348 g/mol. The molecule has 0 aromatic heterocycles. The van der Waals surface area contributed by atoms with E-state index in [9.17, 15) is 0 Å². The van der Waals surface area contributed by atoms with Crippen LogP contribution in [0.5, 0.6) is 0 Å². The number of hydrogen-bond donors (Lipinski definition) is 0. The molecule has 0 amide bonds. The van der Waals surface area contributed by atoms with E-state index in [2.05, 4.69) is 6.92 Å². The highest BCUT2D eigenvalue weighted by molar-refractivity contribution is 6.60. The lowest BCUT2D eigenvalue weighted by Crippen LogP contribution is -2.46. The molecule has 0 N–H and O–H groups in total. The van der Waals surface area contributed by atoms with Crippen molar-refractivity contribution in [1.29, 1.82) is 0 Å². The molecule has 1 fully saturated rings. The van der Waals surface area contributed by atoms with Crippen LogP contribution in [0.15, 0.2) is 0 Å². The molecule has 2 unspecified atom stereocenters. The Bertz CT molecular complexity index is 308. The minimum Gasteiger partial charge on any atom is -0.375 e. The predicted molar refractivity (Wildman–Crippen MR) is 108 cm³/mol. The molecule has 156 valence electrons. The molecule has 26 heavy (non-hydrogen) atoms. The van der Waals surface area contributed by atoms with Gasteiger partial charge in [-0.05, 0) is 33.6 Å². The zero-order valence-corrected chi connectivity index (χ0v) is 18.6. The van der Waals surface area contributed by atoms with Gasteiger partial charge in [0.2, 0.25) is 0 Å². The molecule has 1 heterocycles. The fourth-order valence-electron chi connectivity index (χ4n) is 3.21. The highest BCUT2D eigenvalue weighted by Gasteiger charge is 2.40. The molecule has 0 bridgehead atoms. The van der Waals surface area contributed by atoms with Crippen molar-refractivity contribution in [1.82, 2.24) is 0 Å². The van der Waals surface area contributed by atoms with Crippen LogP contribution in [0.4, 0.5) is 0 Å². The van der Waals surface area contributed by atoms with Gasteiger partial charge in [-0.1, -0.05) is 45.4 Å². The Balaban J connectivity index is 2.43. The monoisotopic (exact) mass is 390 g/mol. The molecule has 6 heteroatoms. The van der Waals surface area contributed by atoms with Crippen molar-refractivity contribution in [3.8, 4) is 0 Å². The Kier molecular flexibility index (Phi) is 13.9. The van der Waals surface area contributed by atoms with Gasteiger partial charge in [-0.3, -0.25) is 0 Å². The second-order valence-corrected chi connectivity index (χ2v) is 9.72. The van der Waals surface area contributed by atoms with E-state index in [-0.39, 0.29) is 6.10 Å². The van der Waals surface area contributed by atoms with Crippen molar-refractivity contribution >= 4 is 8.80 Å². The number of hydrogen-bond acceptors (Lipinski definition) is 5. The summed E-state index contributed by atoms with van der Waals surface area (Å²) in [5.74, 6) is 0. The van der Waals surface area contributed by atoms with E-state index in [0.717, 1.165) is 25.5 Å². The molecule has 1 saturated heterocycles. The van der Waals surface area contributed by atoms with E-state index in [0.29, 0.717) is 32.5 Å². The van der Waals surface area contributed by atoms with Gasteiger partial charge in [0.1, 0.15) is 6.10 Å². The fraction of sp³-hybridized carbons (Fsp3) is 1.00. The van der Waals surface area contributed by atoms with Crippen LogP contribution >= 0.6 is 0 Å². The Morgan fingerprint density at radius 2 is 1.42 bits per heavy atom. The smallest absolute Gasteiger partial charge is 0.375 e. The third-order valence-corrected chi connectivity index (χ3v) is 7.75. The first-order valence-electron chi connectivity index (χ1n) is 10.8. The van der Waals surface area contributed by atoms with E-state index in [1.807, 2.05) is 20.8 Å². The minimum absolute atomic E-state index is 0.249. The number of ether oxygens (including phenoxy) is 2. The first kappa shape index (κ1) is 24.1. The summed E-state index contributed by atoms with van der Waals surface area (Å²) < 4.78 is 29.4. The van der Waals surface area contributed by atoms with Crippen LogP contribution in [0.3, 0.4) is 0 Å². The molecule has 0 spiro atoms. The zero-order valence-electron chi connectivity index (χ0n) is 17.6. The molecule has 0 aliphatic carbocycles. The van der Waals surface area contributed by atoms with Crippen molar-refractivity contribution in [2.45, 2.75) is 97.3 Å². The molecule has 0 aromatic rings. The lowest BCUT2D eigenvalue weighted by molar-refractivity contribution is 0.0239. The molecule has 1 rings (SSSR count). The van der Waals surface area contributed by atoms with Crippen LogP contribution in [0.2, 0.25) is 6.04 Å². The summed E-state index contributed by atoms with van der Waals surface area (Å²) in [5.41, 5.74) is 0. The molecule has 1 aliphatic rings. The normalized spacial score (nSPS) is 18.2. The van der Waals surface area contributed by atoms with Gasteiger partial charge in [0.05, 0.1) is 19.3 Å². The number of epoxide rings is 1. The van der Waals surface area contributed by atoms with Gasteiger partial charge in [0.25, 0.3) is 0 Å². The number of unbranched alkanes of at least 4 members (excludes halogenated alkanes) is 5. The Labute approximate surface area is 162 Å².